The number of nitrogens with zero attached hydrogens (tertiary/aromatic N) is 1. The number of carbonyl (C=O) groups is 3. The molecule has 10 nitrogen and oxygen atoms in total. The number of phenols is 1. The summed E-state index contributed by atoms with van der Waals surface area (Å²) in [5.74, 6) is -7.29. The molecule has 1 fully saturated rings. The lowest BCUT2D eigenvalue weighted by Gasteiger charge is -2.53. The molecular weight excluding hydrogens is 432 g/mol. The van der Waals surface area contributed by atoms with Crippen LogP contribution in [0.25, 0.3) is 5.76 Å². The summed E-state index contributed by atoms with van der Waals surface area (Å²) in [5.41, 5.74) is -5.57. The lowest BCUT2D eigenvalue weighted by atomic mass is 9.54. The van der Waals surface area contributed by atoms with Gasteiger partial charge in [0.15, 0.2) is 11.4 Å². The Bertz CT molecular complexity index is 1160. The summed E-state index contributed by atoms with van der Waals surface area (Å²) >= 11 is 0. The number of carbonyl (C=O) groups excluding carboxylic acids is 3. The summed E-state index contributed by atoms with van der Waals surface area (Å²) in [6.07, 6.45) is -0.177. The first-order chi connectivity index (χ1) is 15.3. The van der Waals surface area contributed by atoms with E-state index in [2.05, 4.69) is 5.32 Å². The fourth-order valence-electron chi connectivity index (χ4n) is 5.61. The van der Waals surface area contributed by atoms with Crippen molar-refractivity contribution in [2.45, 2.75) is 30.6 Å². The first kappa shape index (κ1) is 23.0. The number of phenolic OH excluding ortho intramolecular Hbond substituents is 1. The number of hydrogen-bond acceptors (Lipinski definition) is 9. The zero-order valence-electron chi connectivity index (χ0n) is 18.6. The molecule has 1 aromatic rings. The average molecular weight is 458 g/mol. The lowest BCUT2D eigenvalue weighted by Crippen LogP contribution is -2.67. The summed E-state index contributed by atoms with van der Waals surface area (Å²) in [6.45, 7) is 1.42. The summed E-state index contributed by atoms with van der Waals surface area (Å²) in [5, 5.41) is 57.6. The van der Waals surface area contributed by atoms with E-state index < -0.39 is 63.6 Å². The van der Waals surface area contributed by atoms with Crippen molar-refractivity contribution >= 4 is 23.2 Å². The van der Waals surface area contributed by atoms with Crippen LogP contribution in [0, 0.1) is 11.8 Å². The van der Waals surface area contributed by atoms with Crippen LogP contribution in [0.3, 0.4) is 0 Å². The van der Waals surface area contributed by atoms with E-state index in [9.17, 15) is 39.9 Å². The van der Waals surface area contributed by atoms with Crippen LogP contribution in [0.5, 0.6) is 5.75 Å². The zero-order chi connectivity index (χ0) is 24.6. The highest BCUT2D eigenvalue weighted by Crippen LogP contribution is 2.57. The largest absolute Gasteiger partial charge is 0.508 e. The van der Waals surface area contributed by atoms with Gasteiger partial charge >= 0.3 is 0 Å². The van der Waals surface area contributed by atoms with Crippen LogP contribution < -0.4 is 5.32 Å². The molecule has 176 valence electrons. The van der Waals surface area contributed by atoms with Crippen LogP contribution in [-0.2, 0) is 20.0 Å². The van der Waals surface area contributed by atoms with Crippen molar-refractivity contribution in [1.29, 1.82) is 0 Å². The standard InChI is InChI=1S/C23H26N2O8/c1-22(32)9-6-5-7-12(26)13(9)17(27)14-10(22)8-11-16(25(3)4)18(28)15(21(31)24-2)20(30)23(11,33)19(14)29/h5-7,10-11,16,26-27,30,32-33H,8H2,1-4H3,(H,24,31)/t10-,11-,16-,22+,23-/m0/s1. The van der Waals surface area contributed by atoms with Gasteiger partial charge in [-0.2, -0.15) is 0 Å². The monoisotopic (exact) mass is 458 g/mol. The minimum Gasteiger partial charge on any atom is -0.508 e. The number of hydrogen-bond donors (Lipinski definition) is 6. The Hall–Kier alpha value is -3.21. The molecule has 0 bridgehead atoms. The van der Waals surface area contributed by atoms with Crippen LogP contribution in [-0.4, -0.2) is 80.7 Å². The molecule has 0 aliphatic heterocycles. The van der Waals surface area contributed by atoms with E-state index in [0.717, 1.165) is 0 Å². The number of ketones is 2. The highest BCUT2D eigenvalue weighted by molar-refractivity contribution is 6.25. The Labute approximate surface area is 189 Å². The second kappa shape index (κ2) is 7.14. The van der Waals surface area contributed by atoms with Crippen LogP contribution in [0.15, 0.2) is 35.1 Å². The highest BCUT2D eigenvalue weighted by atomic mass is 16.3. The summed E-state index contributed by atoms with van der Waals surface area (Å²) in [6, 6.07) is 3.09. The van der Waals surface area contributed by atoms with E-state index >= 15 is 0 Å². The molecule has 5 atom stereocenters. The molecule has 33 heavy (non-hydrogen) atoms. The average Bonchev–Trinajstić information content (AvgIpc) is 2.74. The number of Topliss-reactive ketones (excluding diaryl/α,β-unsaturated/α-hetero) is 2. The molecule has 1 aromatic carbocycles. The zero-order valence-corrected chi connectivity index (χ0v) is 18.6. The second-order valence-electron chi connectivity index (χ2n) is 9.18. The Kier molecular flexibility index (Phi) is 4.97. The molecule has 0 spiro atoms. The van der Waals surface area contributed by atoms with Crippen LogP contribution in [0.4, 0.5) is 0 Å². The molecule has 0 aromatic heterocycles. The van der Waals surface area contributed by atoms with Gasteiger partial charge in [-0.3, -0.25) is 19.3 Å². The van der Waals surface area contributed by atoms with Crippen LogP contribution >= 0.6 is 0 Å². The van der Waals surface area contributed by atoms with Gasteiger partial charge in [0.1, 0.15) is 22.8 Å². The summed E-state index contributed by atoms with van der Waals surface area (Å²) in [4.78, 5) is 40.8. The number of aromatic hydroxyl groups is 1. The van der Waals surface area contributed by atoms with Crippen molar-refractivity contribution in [2.75, 3.05) is 21.1 Å². The smallest absolute Gasteiger partial charge is 0.258 e. The fourth-order valence-corrected chi connectivity index (χ4v) is 5.61. The first-order valence-electron chi connectivity index (χ1n) is 10.4. The molecular formula is C23H26N2O8. The molecule has 6 N–H and O–H groups in total. The van der Waals surface area contributed by atoms with Gasteiger partial charge in [0.05, 0.1) is 17.2 Å². The van der Waals surface area contributed by atoms with Gasteiger partial charge in [0.2, 0.25) is 5.78 Å². The number of aliphatic hydroxyl groups excluding tert-OH is 2. The van der Waals surface area contributed by atoms with Gasteiger partial charge in [-0.25, -0.2) is 0 Å². The number of fused-ring (bicyclic) bond motifs is 3. The molecule has 0 heterocycles. The normalized spacial score (nSPS) is 33.6. The molecule has 3 aliphatic rings. The molecule has 1 saturated carbocycles. The van der Waals surface area contributed by atoms with Crippen molar-refractivity contribution in [3.8, 4) is 5.75 Å². The highest BCUT2D eigenvalue weighted by Gasteiger charge is 2.66. The van der Waals surface area contributed by atoms with Gasteiger partial charge in [0, 0.05) is 24.5 Å². The minimum atomic E-state index is -2.71. The molecule has 0 radical (unpaired) electrons. The minimum absolute atomic E-state index is 0.157. The van der Waals surface area contributed by atoms with E-state index in [-0.39, 0.29) is 28.9 Å². The topological polar surface area (TPSA) is 168 Å². The van der Waals surface area contributed by atoms with Gasteiger partial charge in [-0.15, -0.1) is 0 Å². The van der Waals surface area contributed by atoms with Gasteiger partial charge in [-0.05, 0) is 39.1 Å². The second-order valence-corrected chi connectivity index (χ2v) is 9.18. The number of amides is 1. The van der Waals surface area contributed by atoms with E-state index in [4.69, 9.17) is 0 Å². The molecule has 10 heteroatoms. The molecule has 0 saturated heterocycles. The Morgan fingerprint density at radius 2 is 1.79 bits per heavy atom. The maximum atomic E-state index is 13.8. The number of aliphatic hydroxyl groups is 4. The summed E-state index contributed by atoms with van der Waals surface area (Å²) in [7, 11) is 4.31. The number of likely N-dealkylation sites (N-methyl/N-ethyl adjacent to an activating group) is 2. The van der Waals surface area contributed by atoms with Crippen molar-refractivity contribution in [3.05, 3.63) is 46.2 Å². The van der Waals surface area contributed by atoms with Gasteiger partial charge in [0.25, 0.3) is 5.91 Å². The predicted molar refractivity (Wildman–Crippen MR) is 115 cm³/mol. The third kappa shape index (κ3) is 2.74. The van der Waals surface area contributed by atoms with Crippen LogP contribution in [0.1, 0.15) is 24.5 Å². The molecule has 1 amide bonds. The number of rotatable bonds is 2. The van der Waals surface area contributed by atoms with Crippen molar-refractivity contribution in [3.63, 3.8) is 0 Å². The molecule has 0 unspecified atom stereocenters. The molecule has 3 aliphatic carbocycles. The van der Waals surface area contributed by atoms with Gasteiger partial charge < -0.3 is 30.8 Å². The van der Waals surface area contributed by atoms with Crippen molar-refractivity contribution in [1.82, 2.24) is 10.2 Å². The third-order valence-electron chi connectivity index (χ3n) is 7.23. The number of nitrogens with one attached hydrogen (secondary N) is 1. The maximum Gasteiger partial charge on any atom is 0.258 e. The van der Waals surface area contributed by atoms with Crippen molar-refractivity contribution < 1.29 is 39.9 Å². The first-order valence-corrected chi connectivity index (χ1v) is 10.4. The Morgan fingerprint density at radius 1 is 1.15 bits per heavy atom. The predicted octanol–water partition coefficient (Wildman–Crippen LogP) is -0.110. The Balaban J connectivity index is 2.04. The quantitative estimate of drug-likeness (QED) is 0.331. The van der Waals surface area contributed by atoms with E-state index in [0.29, 0.717) is 0 Å². The number of benzene rings is 1. The molecule has 4 rings (SSSR count). The van der Waals surface area contributed by atoms with Crippen LogP contribution in [0.2, 0.25) is 0 Å². The SMILES string of the molecule is CNC(=O)C1=C(O)[C@@]2(O)C(=O)C3=C(O)c4c(O)cccc4[C@@](C)(O)[C@H]3C[C@H]2[C@H](N(C)C)C1=O. The van der Waals surface area contributed by atoms with E-state index in [1.54, 1.807) is 0 Å². The Morgan fingerprint density at radius 3 is 2.36 bits per heavy atom. The summed E-state index contributed by atoms with van der Waals surface area (Å²) < 4.78 is 0. The fraction of sp³-hybridized carbons (Fsp3) is 0.435. The lowest BCUT2D eigenvalue weighted by molar-refractivity contribution is -0.159. The third-order valence-corrected chi connectivity index (χ3v) is 7.23. The van der Waals surface area contributed by atoms with Crippen molar-refractivity contribution in [2.24, 2.45) is 11.8 Å². The van der Waals surface area contributed by atoms with E-state index in [1.807, 2.05) is 0 Å². The maximum absolute atomic E-state index is 13.8. The van der Waals surface area contributed by atoms with E-state index in [1.165, 1.54) is 51.2 Å². The van der Waals surface area contributed by atoms with Gasteiger partial charge in [-0.1, -0.05) is 12.1 Å².